The van der Waals surface area contributed by atoms with Gasteiger partial charge in [0.2, 0.25) is 0 Å². The molecule has 0 N–H and O–H groups in total. The fourth-order valence-corrected chi connectivity index (χ4v) is 1.59. The van der Waals surface area contributed by atoms with Crippen LogP contribution in [0.5, 0.6) is 0 Å². The van der Waals surface area contributed by atoms with Crippen LogP contribution >= 0.6 is 0 Å². The molecule has 0 spiro atoms. The minimum Gasteiger partial charge on any atom is -0.747 e. The van der Waals surface area contributed by atoms with Crippen molar-refractivity contribution in [2.45, 2.75) is 31.2 Å². The van der Waals surface area contributed by atoms with E-state index in [9.17, 15) is 26.1 Å². The van der Waals surface area contributed by atoms with Gasteiger partial charge in [-0.05, 0) is 6.42 Å². The van der Waals surface area contributed by atoms with Gasteiger partial charge in [0, 0.05) is 0 Å². The van der Waals surface area contributed by atoms with Gasteiger partial charge >= 0.3 is 57.6 Å². The molecule has 0 aliphatic rings. The molecular weight excluding hydrogens is 236 g/mol. The van der Waals surface area contributed by atoms with Gasteiger partial charge in [-0.2, -0.15) is 13.2 Å². The van der Waals surface area contributed by atoms with Crippen molar-refractivity contribution >= 4 is 10.1 Å². The van der Waals surface area contributed by atoms with Crippen molar-refractivity contribution in [3.05, 3.63) is 0 Å². The number of hydrogen-bond donors (Lipinski definition) is 0. The van der Waals surface area contributed by atoms with Crippen LogP contribution in [0, 0.1) is 0 Å². The van der Waals surface area contributed by atoms with Crippen LogP contribution in [0.25, 0.3) is 0 Å². The summed E-state index contributed by atoms with van der Waals surface area (Å²) >= 11 is 0. The third-order valence-corrected chi connectivity index (χ3v) is 2.46. The Morgan fingerprint density at radius 1 is 1.38 bits per heavy atom. The first-order valence-electron chi connectivity index (χ1n) is 3.21. The predicted octanol–water partition coefficient (Wildman–Crippen LogP) is -1.73. The minimum absolute atomic E-state index is 0. The summed E-state index contributed by atoms with van der Waals surface area (Å²) in [6.45, 7) is 1.38. The average molecular weight is 244 g/mol. The summed E-state index contributed by atoms with van der Waals surface area (Å²) in [4.78, 5) is 0. The van der Waals surface area contributed by atoms with Gasteiger partial charge in [0.25, 0.3) is 0 Å². The zero-order valence-electron chi connectivity index (χ0n) is 7.26. The Balaban J connectivity index is 0. The topological polar surface area (TPSA) is 57.2 Å². The Labute approximate surface area is 117 Å². The van der Waals surface area contributed by atoms with Gasteiger partial charge in [0.15, 0.2) is 0 Å². The number of alkyl halides is 3. The van der Waals surface area contributed by atoms with E-state index >= 15 is 0 Å². The smallest absolute Gasteiger partial charge is 0.747 e. The second-order valence-corrected chi connectivity index (χ2v) is 3.87. The number of hydrogen-bond acceptors (Lipinski definition) is 3. The first kappa shape index (κ1) is 16.8. The molecule has 13 heavy (non-hydrogen) atoms. The van der Waals surface area contributed by atoms with Crippen LogP contribution in [0.15, 0.2) is 0 Å². The van der Waals surface area contributed by atoms with Crippen molar-refractivity contribution in [3.63, 3.8) is 0 Å². The molecule has 0 bridgehead atoms. The van der Waals surface area contributed by atoms with Gasteiger partial charge < -0.3 is 4.55 Å². The summed E-state index contributed by atoms with van der Waals surface area (Å²) in [5.74, 6) is 0. The van der Waals surface area contributed by atoms with Crippen molar-refractivity contribution in [1.82, 2.24) is 0 Å². The standard InChI is InChI=1S/C5H9F3O3S.K/c1-2-3-4(5(6,7)8)12(9,10)11;/h4H,2-3H2,1H3,(H,9,10,11);/q;+1/p-1. The molecule has 8 heteroatoms. The molecule has 0 fully saturated rings. The summed E-state index contributed by atoms with van der Waals surface area (Å²) in [6, 6.07) is 0. The molecule has 1 atom stereocenters. The molecule has 0 aromatic heterocycles. The molecule has 0 aliphatic heterocycles. The molecule has 0 aromatic carbocycles. The van der Waals surface area contributed by atoms with Crippen LogP contribution in [0.4, 0.5) is 13.2 Å². The van der Waals surface area contributed by atoms with Crippen molar-refractivity contribution in [2.24, 2.45) is 0 Å². The minimum atomic E-state index is -5.26. The molecule has 1 unspecified atom stereocenters. The largest absolute Gasteiger partial charge is 1.00 e. The molecule has 0 saturated heterocycles. The third-order valence-electron chi connectivity index (χ3n) is 1.26. The summed E-state index contributed by atoms with van der Waals surface area (Å²) in [5, 5.41) is -2.75. The molecule has 0 heterocycles. The van der Waals surface area contributed by atoms with E-state index < -0.39 is 28.0 Å². The van der Waals surface area contributed by atoms with Gasteiger partial charge in [-0.3, -0.25) is 0 Å². The second kappa shape index (κ2) is 6.04. The van der Waals surface area contributed by atoms with Gasteiger partial charge in [-0.15, -0.1) is 0 Å². The Morgan fingerprint density at radius 3 is 1.85 bits per heavy atom. The van der Waals surface area contributed by atoms with Crippen molar-refractivity contribution in [3.8, 4) is 0 Å². The first-order valence-corrected chi connectivity index (χ1v) is 4.68. The van der Waals surface area contributed by atoms with E-state index in [0.717, 1.165) is 0 Å². The van der Waals surface area contributed by atoms with E-state index in [2.05, 4.69) is 0 Å². The van der Waals surface area contributed by atoms with Gasteiger partial charge in [0.05, 0.1) is 0 Å². The van der Waals surface area contributed by atoms with Crippen LogP contribution in [-0.2, 0) is 10.1 Å². The van der Waals surface area contributed by atoms with Crippen LogP contribution in [-0.4, -0.2) is 24.4 Å². The van der Waals surface area contributed by atoms with Gasteiger partial charge in [-0.1, -0.05) is 13.3 Å². The number of halogens is 3. The van der Waals surface area contributed by atoms with Crippen LogP contribution < -0.4 is 51.4 Å². The van der Waals surface area contributed by atoms with E-state index in [4.69, 9.17) is 0 Å². The Kier molecular flexibility index (Phi) is 7.78. The molecule has 0 saturated carbocycles. The monoisotopic (exact) mass is 244 g/mol. The van der Waals surface area contributed by atoms with Crippen molar-refractivity contribution in [2.75, 3.05) is 0 Å². The maximum absolute atomic E-state index is 11.8. The molecule has 3 nitrogen and oxygen atoms in total. The summed E-state index contributed by atoms with van der Waals surface area (Å²) in [5.41, 5.74) is 0. The normalized spacial score (nSPS) is 14.8. The van der Waals surface area contributed by atoms with Crippen molar-refractivity contribution < 1.29 is 77.5 Å². The first-order chi connectivity index (χ1) is 5.19. The zero-order chi connectivity index (χ0) is 9.99. The summed E-state index contributed by atoms with van der Waals surface area (Å²) < 4.78 is 65.7. The molecular formula is C5H8F3KO3S. The van der Waals surface area contributed by atoms with Crippen LogP contribution in [0.3, 0.4) is 0 Å². The van der Waals surface area contributed by atoms with Gasteiger partial charge in [0.1, 0.15) is 15.4 Å². The van der Waals surface area contributed by atoms with E-state index in [1.807, 2.05) is 0 Å². The van der Waals surface area contributed by atoms with E-state index in [-0.39, 0.29) is 57.8 Å². The summed E-state index contributed by atoms with van der Waals surface area (Å²) in [7, 11) is -5.26. The fourth-order valence-electron chi connectivity index (χ4n) is 0.734. The second-order valence-electron chi connectivity index (χ2n) is 2.31. The molecule has 0 aliphatic carbocycles. The van der Waals surface area contributed by atoms with E-state index in [1.165, 1.54) is 6.92 Å². The maximum Gasteiger partial charge on any atom is 1.00 e. The maximum atomic E-state index is 11.8. The quantitative estimate of drug-likeness (QED) is 0.438. The third kappa shape index (κ3) is 6.42. The van der Waals surface area contributed by atoms with E-state index in [1.54, 1.807) is 0 Å². The molecule has 74 valence electrons. The zero-order valence-corrected chi connectivity index (χ0v) is 11.2. The fraction of sp³-hybridized carbons (Fsp3) is 1.00. The van der Waals surface area contributed by atoms with Gasteiger partial charge in [-0.25, -0.2) is 8.42 Å². The van der Waals surface area contributed by atoms with Crippen LogP contribution in [0.2, 0.25) is 0 Å². The summed E-state index contributed by atoms with van der Waals surface area (Å²) in [6.07, 6.45) is -5.61. The Hall–Kier alpha value is 1.34. The van der Waals surface area contributed by atoms with E-state index in [0.29, 0.717) is 0 Å². The Bertz CT molecular complexity index is 236. The van der Waals surface area contributed by atoms with Crippen molar-refractivity contribution in [1.29, 1.82) is 0 Å². The SMILES string of the molecule is CCCC(C(F)(F)F)S(=O)(=O)[O-].[K+]. The number of rotatable bonds is 3. The molecule has 0 radical (unpaired) electrons. The average Bonchev–Trinajstić information content (AvgIpc) is 1.77. The van der Waals surface area contributed by atoms with Crippen LogP contribution in [0.1, 0.15) is 19.8 Å². The molecule has 0 aromatic rings. The predicted molar refractivity (Wildman–Crippen MR) is 34.4 cm³/mol. The molecule has 0 amide bonds. The molecule has 0 rings (SSSR count). The Morgan fingerprint density at radius 2 is 1.77 bits per heavy atom.